The van der Waals surface area contributed by atoms with Crippen LogP contribution in [-0.4, -0.2) is 0 Å². The fraction of sp³-hybridized carbons (Fsp3) is 0.500. The van der Waals surface area contributed by atoms with Gasteiger partial charge in [0.25, 0.3) is 0 Å². The maximum atomic E-state index is 3.66. The van der Waals surface area contributed by atoms with Crippen LogP contribution in [0.2, 0.25) is 0 Å². The maximum absolute atomic E-state index is 3.66. The Morgan fingerprint density at radius 1 is 0.588 bits per heavy atom. The van der Waals surface area contributed by atoms with E-state index >= 15 is 0 Å². The molecule has 0 aromatic rings. The Hall–Kier alpha value is 7.73. The standard InChI is InChI=1S/C6H11.C4H8.7Y/c1-3-5-6-4-2;1-3-4-2;;;;;;;/h5H,1-4,6H2;1-4H2;;;;;;;/q-3;-2;;;;;;;+3. The normalized spacial score (nSPS) is 4.94. The molecule has 0 aromatic heterocycles. The zero-order valence-electron chi connectivity index (χ0n) is 11.0. The quantitative estimate of drug-likeness (QED) is 0.305. The van der Waals surface area contributed by atoms with Gasteiger partial charge in [-0.2, -0.15) is 0 Å². The van der Waals surface area contributed by atoms with Gasteiger partial charge in [0, 0.05) is 196 Å². The fourth-order valence-electron chi connectivity index (χ4n) is 0.289. The summed E-state index contributed by atoms with van der Waals surface area (Å²) < 4.78 is 0. The second-order valence-electron chi connectivity index (χ2n) is 1.93. The van der Waals surface area contributed by atoms with E-state index in [1.165, 1.54) is 0 Å². The molecular weight excluding hydrogens is 742 g/mol. The van der Waals surface area contributed by atoms with Crippen LogP contribution in [0.25, 0.3) is 0 Å². The molecule has 0 atom stereocenters. The summed E-state index contributed by atoms with van der Waals surface area (Å²) in [6.07, 6.45) is 7.11. The molecule has 0 aliphatic rings. The average molecular weight is 762 g/mol. The summed E-state index contributed by atoms with van der Waals surface area (Å²) >= 11 is 0. The Balaban J connectivity index is -0.00000000783. The van der Waals surface area contributed by atoms with Crippen molar-refractivity contribution in [2.75, 3.05) is 0 Å². The van der Waals surface area contributed by atoms with Crippen LogP contribution < -0.4 is 0 Å². The molecule has 0 aliphatic heterocycles. The van der Waals surface area contributed by atoms with Gasteiger partial charge in [-0.1, -0.05) is 0 Å². The van der Waals surface area contributed by atoms with Gasteiger partial charge in [-0.3, -0.25) is 0 Å². The molecule has 0 heterocycles. The first-order valence-corrected chi connectivity index (χ1v) is 3.82. The van der Waals surface area contributed by atoms with Crippen molar-refractivity contribution in [1.82, 2.24) is 0 Å². The monoisotopic (exact) mass is 761 g/mol. The number of hydrogen-bond acceptors (Lipinski definition) is 0. The van der Waals surface area contributed by atoms with Crippen LogP contribution in [-0.2, 0) is 229 Å². The molecule has 0 rings (SSSR count). The second-order valence-corrected chi connectivity index (χ2v) is 1.93. The molecule has 0 unspecified atom stereocenters. The molecule has 0 nitrogen and oxygen atoms in total. The Labute approximate surface area is 287 Å². The molecule has 0 amide bonds. The summed E-state index contributed by atoms with van der Waals surface area (Å²) in [6, 6.07) is 0. The van der Waals surface area contributed by atoms with E-state index in [2.05, 4.69) is 34.1 Å². The van der Waals surface area contributed by atoms with Crippen molar-refractivity contribution in [3.63, 3.8) is 0 Å². The molecule has 6 radical (unpaired) electrons. The smallest absolute Gasteiger partial charge is 0.372 e. The third kappa shape index (κ3) is 81.4. The first-order chi connectivity index (χ1) is 4.83. The van der Waals surface area contributed by atoms with Gasteiger partial charge in [-0.15, -0.1) is 0 Å². The Bertz CT molecular complexity index is 41.6. The van der Waals surface area contributed by atoms with Gasteiger partial charge in [-0.05, 0) is 0 Å². The van der Waals surface area contributed by atoms with Gasteiger partial charge in [0.05, 0.1) is 0 Å². The topological polar surface area (TPSA) is 0 Å². The Morgan fingerprint density at radius 2 is 0.882 bits per heavy atom. The van der Waals surface area contributed by atoms with Crippen LogP contribution in [0.4, 0.5) is 0 Å². The molecule has 82 valence electrons. The first kappa shape index (κ1) is 56.3. The predicted octanol–water partition coefficient (Wildman–Crippen LogP) is 3.45. The van der Waals surface area contributed by atoms with Gasteiger partial charge in [-0.25, -0.2) is 25.7 Å². The van der Waals surface area contributed by atoms with E-state index in [0.717, 1.165) is 32.1 Å². The summed E-state index contributed by atoms with van der Waals surface area (Å²) in [6.45, 7) is 14.4. The fourth-order valence-corrected chi connectivity index (χ4v) is 0.289. The summed E-state index contributed by atoms with van der Waals surface area (Å²) in [5, 5.41) is 0. The minimum Gasteiger partial charge on any atom is -0.372 e. The minimum absolute atomic E-state index is 0. The van der Waals surface area contributed by atoms with Crippen molar-refractivity contribution in [2.45, 2.75) is 32.1 Å². The Morgan fingerprint density at radius 3 is 0.941 bits per heavy atom. The number of unbranched alkanes of at least 4 members (excludes halogenated alkanes) is 4. The van der Waals surface area contributed by atoms with E-state index in [1.54, 1.807) is 0 Å². The molecule has 0 bridgehead atoms. The maximum Gasteiger partial charge on any atom is 3.00 e. The van der Waals surface area contributed by atoms with E-state index in [-0.39, 0.29) is 229 Å². The van der Waals surface area contributed by atoms with Crippen LogP contribution in [0.5, 0.6) is 0 Å². The van der Waals surface area contributed by atoms with Crippen LogP contribution in [0.3, 0.4) is 0 Å². The van der Waals surface area contributed by atoms with Crippen molar-refractivity contribution in [3.8, 4) is 0 Å². The van der Waals surface area contributed by atoms with Crippen molar-refractivity contribution in [1.29, 1.82) is 0 Å². The Kier molecular flexibility index (Phi) is 215. The summed E-state index contributed by atoms with van der Waals surface area (Å²) in [4.78, 5) is 0. The van der Waals surface area contributed by atoms with Gasteiger partial charge < -0.3 is 40.5 Å². The summed E-state index contributed by atoms with van der Waals surface area (Å²) in [7, 11) is 0. The third-order valence-corrected chi connectivity index (χ3v) is 0.862. The molecule has 0 aromatic carbocycles. The van der Waals surface area contributed by atoms with E-state index < -0.39 is 0 Å². The summed E-state index contributed by atoms with van der Waals surface area (Å²) in [5.74, 6) is 0. The van der Waals surface area contributed by atoms with E-state index in [9.17, 15) is 0 Å². The molecule has 7 heteroatoms. The predicted molar refractivity (Wildman–Crippen MR) is 48.8 cm³/mol. The van der Waals surface area contributed by atoms with Crippen LogP contribution in [0.15, 0.2) is 0 Å². The third-order valence-electron chi connectivity index (χ3n) is 0.862. The minimum atomic E-state index is 0. The molecule has 0 N–H and O–H groups in total. The zero-order chi connectivity index (χ0) is 8.24. The van der Waals surface area contributed by atoms with Gasteiger partial charge >= 0.3 is 32.7 Å². The summed E-state index contributed by atoms with van der Waals surface area (Å²) in [5.41, 5.74) is 0. The molecular formula is C10H19Y7-2. The molecule has 0 saturated heterocycles. The molecule has 17 heavy (non-hydrogen) atoms. The SMILES string of the molecule is [CH2-]CC[CH2-].[CH2-]C[CH-]CC[CH2-].[Y+3].[Y].[Y].[Y].[Y].[Y].[Y]. The van der Waals surface area contributed by atoms with Crippen molar-refractivity contribution < 1.29 is 229 Å². The van der Waals surface area contributed by atoms with E-state index in [4.69, 9.17) is 0 Å². The first-order valence-electron chi connectivity index (χ1n) is 3.82. The van der Waals surface area contributed by atoms with Crippen molar-refractivity contribution in [3.05, 3.63) is 34.1 Å². The van der Waals surface area contributed by atoms with Crippen LogP contribution in [0.1, 0.15) is 32.1 Å². The van der Waals surface area contributed by atoms with Gasteiger partial charge in [0.15, 0.2) is 0 Å². The molecule has 0 spiro atoms. The van der Waals surface area contributed by atoms with E-state index in [1.807, 2.05) is 0 Å². The van der Waals surface area contributed by atoms with Gasteiger partial charge in [0.1, 0.15) is 0 Å². The van der Waals surface area contributed by atoms with Crippen LogP contribution >= 0.6 is 0 Å². The molecule has 0 aliphatic carbocycles. The largest absolute Gasteiger partial charge is 3.00 e. The molecule has 0 fully saturated rings. The second kappa shape index (κ2) is 65.0. The molecule has 0 saturated carbocycles. The number of hydrogen-bond donors (Lipinski definition) is 0. The number of rotatable bonds is 4. The zero-order valence-corrected chi connectivity index (χ0v) is 30.9. The average Bonchev–Trinajstić information content (AvgIpc) is 2.01. The van der Waals surface area contributed by atoms with E-state index in [0.29, 0.717) is 0 Å². The van der Waals surface area contributed by atoms with Gasteiger partial charge in [0.2, 0.25) is 0 Å². The van der Waals surface area contributed by atoms with Crippen molar-refractivity contribution >= 4 is 0 Å². The van der Waals surface area contributed by atoms with Crippen LogP contribution in [0, 0.1) is 34.1 Å². The van der Waals surface area contributed by atoms with Crippen molar-refractivity contribution in [2.24, 2.45) is 0 Å².